The second kappa shape index (κ2) is 9.05. The molecule has 0 aliphatic carbocycles. The first-order chi connectivity index (χ1) is 13.0. The minimum Gasteiger partial charge on any atom is -0.449 e. The van der Waals surface area contributed by atoms with Crippen molar-refractivity contribution in [1.82, 2.24) is 9.62 Å². The van der Waals surface area contributed by atoms with Crippen LogP contribution in [-0.4, -0.2) is 49.8 Å². The third-order valence-electron chi connectivity index (χ3n) is 4.63. The average Bonchev–Trinajstić information content (AvgIpc) is 2.60. The zero-order chi connectivity index (χ0) is 21.1. The molecule has 0 bridgehead atoms. The van der Waals surface area contributed by atoms with Crippen LogP contribution in [0.25, 0.3) is 0 Å². The summed E-state index contributed by atoms with van der Waals surface area (Å²) in [4.78, 5) is 24.4. The zero-order valence-corrected chi connectivity index (χ0v) is 18.0. The SMILES string of the molecule is CC1CC(C)CN(S(=O)(=O)c2cccc(C(=O)OC(C)C(=O)NC(C)C)c2)C1. The molecule has 1 fully saturated rings. The van der Waals surface area contributed by atoms with Gasteiger partial charge in [0.25, 0.3) is 5.91 Å². The van der Waals surface area contributed by atoms with Crippen LogP contribution < -0.4 is 5.32 Å². The number of benzene rings is 1. The Kier molecular flexibility index (Phi) is 7.22. The number of hydrogen-bond donors (Lipinski definition) is 1. The van der Waals surface area contributed by atoms with Gasteiger partial charge >= 0.3 is 5.97 Å². The summed E-state index contributed by atoms with van der Waals surface area (Å²) in [7, 11) is -3.70. The van der Waals surface area contributed by atoms with Gasteiger partial charge in [-0.15, -0.1) is 0 Å². The standard InChI is InChI=1S/C20H30N2O5S/c1-13(2)21-19(23)16(5)27-20(24)17-7-6-8-18(10-17)28(25,26)22-11-14(3)9-15(4)12-22/h6-8,10,13-16H,9,11-12H2,1-5H3,(H,21,23). The molecule has 3 atom stereocenters. The van der Waals surface area contributed by atoms with Gasteiger partial charge in [-0.25, -0.2) is 13.2 Å². The summed E-state index contributed by atoms with van der Waals surface area (Å²) >= 11 is 0. The Morgan fingerprint density at radius 3 is 2.32 bits per heavy atom. The summed E-state index contributed by atoms with van der Waals surface area (Å²) in [5, 5.41) is 2.67. The summed E-state index contributed by atoms with van der Waals surface area (Å²) in [5.74, 6) is -0.564. The monoisotopic (exact) mass is 410 g/mol. The minimum absolute atomic E-state index is 0.0579. The first-order valence-electron chi connectivity index (χ1n) is 9.62. The lowest BCUT2D eigenvalue weighted by molar-refractivity contribution is -0.129. The maximum absolute atomic E-state index is 13.0. The molecule has 1 heterocycles. The van der Waals surface area contributed by atoms with Gasteiger partial charge in [-0.3, -0.25) is 4.79 Å². The number of ether oxygens (including phenoxy) is 1. The van der Waals surface area contributed by atoms with E-state index in [1.54, 1.807) is 0 Å². The maximum atomic E-state index is 13.0. The molecular formula is C20H30N2O5S. The van der Waals surface area contributed by atoms with Crippen molar-refractivity contribution in [2.75, 3.05) is 13.1 Å². The zero-order valence-electron chi connectivity index (χ0n) is 17.1. The molecule has 0 aromatic heterocycles. The molecule has 1 aromatic carbocycles. The first-order valence-corrected chi connectivity index (χ1v) is 11.1. The minimum atomic E-state index is -3.70. The number of sulfonamides is 1. The predicted molar refractivity (Wildman–Crippen MR) is 106 cm³/mol. The quantitative estimate of drug-likeness (QED) is 0.727. The van der Waals surface area contributed by atoms with Gasteiger partial charge in [0.2, 0.25) is 10.0 Å². The van der Waals surface area contributed by atoms with E-state index >= 15 is 0 Å². The summed E-state index contributed by atoms with van der Waals surface area (Å²) in [6.07, 6.45) is 0.0216. The Morgan fingerprint density at radius 2 is 1.75 bits per heavy atom. The highest BCUT2D eigenvalue weighted by Crippen LogP contribution is 2.27. The van der Waals surface area contributed by atoms with Crippen LogP contribution in [0.1, 0.15) is 51.4 Å². The van der Waals surface area contributed by atoms with Crippen molar-refractivity contribution in [2.24, 2.45) is 11.8 Å². The van der Waals surface area contributed by atoms with Gasteiger partial charge < -0.3 is 10.1 Å². The third-order valence-corrected chi connectivity index (χ3v) is 6.45. The van der Waals surface area contributed by atoms with E-state index in [4.69, 9.17) is 4.74 Å². The summed E-state index contributed by atoms with van der Waals surface area (Å²) in [6.45, 7) is 10.1. The predicted octanol–water partition coefficient (Wildman–Crippen LogP) is 2.42. The highest BCUT2D eigenvalue weighted by atomic mass is 32.2. The van der Waals surface area contributed by atoms with Crippen molar-refractivity contribution in [1.29, 1.82) is 0 Å². The molecule has 156 valence electrons. The van der Waals surface area contributed by atoms with Gasteiger partial charge in [0.1, 0.15) is 0 Å². The molecule has 2 rings (SSSR count). The second-order valence-corrected chi connectivity index (χ2v) is 9.94. The van der Waals surface area contributed by atoms with Crippen LogP contribution in [0.4, 0.5) is 0 Å². The van der Waals surface area contributed by atoms with Gasteiger partial charge in [0.05, 0.1) is 10.5 Å². The second-order valence-electron chi connectivity index (χ2n) is 8.01. The maximum Gasteiger partial charge on any atom is 0.338 e. The van der Waals surface area contributed by atoms with Crippen molar-refractivity contribution in [3.8, 4) is 0 Å². The highest BCUT2D eigenvalue weighted by molar-refractivity contribution is 7.89. The Bertz CT molecular complexity index is 812. The van der Waals surface area contributed by atoms with Crippen LogP contribution in [0.5, 0.6) is 0 Å². The number of piperidine rings is 1. The molecule has 1 N–H and O–H groups in total. The van der Waals surface area contributed by atoms with Crippen LogP contribution in [0, 0.1) is 11.8 Å². The summed E-state index contributed by atoms with van der Waals surface area (Å²) < 4.78 is 32.7. The van der Waals surface area contributed by atoms with Crippen molar-refractivity contribution >= 4 is 21.9 Å². The van der Waals surface area contributed by atoms with Crippen LogP contribution in [0.3, 0.4) is 0 Å². The Balaban J connectivity index is 2.16. The van der Waals surface area contributed by atoms with E-state index in [2.05, 4.69) is 5.32 Å². The third kappa shape index (κ3) is 5.54. The molecule has 3 unspecified atom stereocenters. The van der Waals surface area contributed by atoms with Gasteiger partial charge in [0, 0.05) is 19.1 Å². The molecule has 1 amide bonds. The largest absolute Gasteiger partial charge is 0.449 e. The number of nitrogens with zero attached hydrogens (tertiary/aromatic N) is 1. The van der Waals surface area contributed by atoms with E-state index in [0.717, 1.165) is 6.42 Å². The fourth-order valence-electron chi connectivity index (χ4n) is 3.42. The van der Waals surface area contributed by atoms with Crippen molar-refractivity contribution in [3.63, 3.8) is 0 Å². The molecule has 0 spiro atoms. The lowest BCUT2D eigenvalue weighted by atomic mass is 9.94. The van der Waals surface area contributed by atoms with Crippen molar-refractivity contribution < 1.29 is 22.7 Å². The van der Waals surface area contributed by atoms with Crippen molar-refractivity contribution in [2.45, 2.75) is 58.1 Å². The number of amides is 1. The topological polar surface area (TPSA) is 92.8 Å². The Morgan fingerprint density at radius 1 is 1.14 bits per heavy atom. The lowest BCUT2D eigenvalue weighted by Crippen LogP contribution is -2.42. The van der Waals surface area contributed by atoms with Crippen LogP contribution in [-0.2, 0) is 19.6 Å². The molecule has 0 saturated carbocycles. The molecule has 1 saturated heterocycles. The molecule has 28 heavy (non-hydrogen) atoms. The summed E-state index contributed by atoms with van der Waals surface area (Å²) in [5.41, 5.74) is 0.100. The van der Waals surface area contributed by atoms with Crippen LogP contribution >= 0.6 is 0 Å². The van der Waals surface area contributed by atoms with E-state index in [1.807, 2.05) is 27.7 Å². The van der Waals surface area contributed by atoms with Gasteiger partial charge in [-0.2, -0.15) is 4.31 Å². The van der Waals surface area contributed by atoms with Crippen LogP contribution in [0.15, 0.2) is 29.2 Å². The van der Waals surface area contributed by atoms with E-state index in [1.165, 1.54) is 35.5 Å². The number of carbonyl (C=O) groups excluding carboxylic acids is 2. The van der Waals surface area contributed by atoms with Gasteiger partial charge in [-0.1, -0.05) is 19.9 Å². The van der Waals surface area contributed by atoms with Crippen LogP contribution in [0.2, 0.25) is 0 Å². The fourth-order valence-corrected chi connectivity index (χ4v) is 5.14. The normalized spacial score (nSPS) is 21.9. The average molecular weight is 411 g/mol. The Labute approximate surface area is 167 Å². The number of nitrogens with one attached hydrogen (secondary N) is 1. The van der Waals surface area contributed by atoms with Crippen molar-refractivity contribution in [3.05, 3.63) is 29.8 Å². The van der Waals surface area contributed by atoms with Gasteiger partial charge in [-0.05, 0) is 57.2 Å². The van der Waals surface area contributed by atoms with E-state index in [-0.39, 0.29) is 28.3 Å². The van der Waals surface area contributed by atoms with E-state index < -0.39 is 28.0 Å². The number of hydrogen-bond acceptors (Lipinski definition) is 5. The molecule has 8 heteroatoms. The number of rotatable bonds is 6. The fraction of sp³-hybridized carbons (Fsp3) is 0.600. The molecule has 0 radical (unpaired) electrons. The first kappa shape index (κ1) is 22.4. The molecule has 1 aliphatic rings. The lowest BCUT2D eigenvalue weighted by Gasteiger charge is -2.34. The van der Waals surface area contributed by atoms with E-state index in [0.29, 0.717) is 13.1 Å². The molecular weight excluding hydrogens is 380 g/mol. The smallest absolute Gasteiger partial charge is 0.338 e. The highest BCUT2D eigenvalue weighted by Gasteiger charge is 2.32. The van der Waals surface area contributed by atoms with Gasteiger partial charge in [0.15, 0.2) is 6.10 Å². The number of carbonyl (C=O) groups is 2. The molecule has 1 aromatic rings. The van der Waals surface area contributed by atoms with E-state index in [9.17, 15) is 18.0 Å². The number of esters is 1. The Hall–Kier alpha value is -1.93. The summed E-state index contributed by atoms with van der Waals surface area (Å²) in [6, 6.07) is 5.71. The molecule has 7 nitrogen and oxygen atoms in total. The molecule has 1 aliphatic heterocycles.